The van der Waals surface area contributed by atoms with Crippen molar-refractivity contribution < 1.29 is 9.63 Å². The molecule has 1 heterocycles. The quantitative estimate of drug-likeness (QED) is 0.899. The van der Waals surface area contributed by atoms with Crippen molar-refractivity contribution in [1.29, 1.82) is 0 Å². The van der Waals surface area contributed by atoms with E-state index < -0.39 is 0 Å². The molecule has 1 N–H and O–H groups in total. The SMILES string of the molecule is Cc1ccccc1-c1noc(CSC(C)CO)n1. The smallest absolute Gasteiger partial charge is 0.236 e. The Labute approximate surface area is 110 Å². The molecule has 2 rings (SSSR count). The van der Waals surface area contributed by atoms with Crippen molar-refractivity contribution in [3.8, 4) is 11.4 Å². The van der Waals surface area contributed by atoms with Crippen LogP contribution in [0.3, 0.4) is 0 Å². The Morgan fingerprint density at radius 1 is 1.39 bits per heavy atom. The third-order valence-corrected chi connectivity index (χ3v) is 3.73. The van der Waals surface area contributed by atoms with E-state index in [0.29, 0.717) is 17.5 Å². The number of aromatic nitrogens is 2. The van der Waals surface area contributed by atoms with Gasteiger partial charge in [0.25, 0.3) is 0 Å². The number of aryl methyl sites for hydroxylation is 1. The number of hydrogen-bond donors (Lipinski definition) is 1. The van der Waals surface area contributed by atoms with Crippen LogP contribution in [0.4, 0.5) is 0 Å². The van der Waals surface area contributed by atoms with Gasteiger partial charge in [-0.25, -0.2) is 0 Å². The first kappa shape index (κ1) is 13.1. The van der Waals surface area contributed by atoms with Gasteiger partial charge in [-0.3, -0.25) is 0 Å². The minimum Gasteiger partial charge on any atom is -0.395 e. The Morgan fingerprint density at radius 2 is 2.17 bits per heavy atom. The van der Waals surface area contributed by atoms with Crippen LogP contribution in [0.15, 0.2) is 28.8 Å². The van der Waals surface area contributed by atoms with Gasteiger partial charge in [-0.1, -0.05) is 36.3 Å². The minimum atomic E-state index is 0.156. The monoisotopic (exact) mass is 264 g/mol. The highest BCUT2D eigenvalue weighted by Gasteiger charge is 2.11. The fraction of sp³-hybridized carbons (Fsp3) is 0.385. The third kappa shape index (κ3) is 3.11. The maximum absolute atomic E-state index is 8.94. The molecular formula is C13H16N2O2S. The lowest BCUT2D eigenvalue weighted by Crippen LogP contribution is -2.02. The summed E-state index contributed by atoms with van der Waals surface area (Å²) in [6.07, 6.45) is 0. The Hall–Kier alpha value is -1.33. The number of aliphatic hydroxyl groups is 1. The molecule has 96 valence electrons. The number of hydrogen-bond acceptors (Lipinski definition) is 5. The van der Waals surface area contributed by atoms with Crippen LogP contribution in [0.1, 0.15) is 18.4 Å². The lowest BCUT2D eigenvalue weighted by atomic mass is 10.1. The highest BCUT2D eigenvalue weighted by Crippen LogP contribution is 2.22. The van der Waals surface area contributed by atoms with Crippen LogP contribution in [0.2, 0.25) is 0 Å². The molecule has 1 aromatic carbocycles. The summed E-state index contributed by atoms with van der Waals surface area (Å²) in [7, 11) is 0. The Balaban J connectivity index is 2.09. The van der Waals surface area contributed by atoms with Crippen molar-refractivity contribution in [3.63, 3.8) is 0 Å². The van der Waals surface area contributed by atoms with Gasteiger partial charge >= 0.3 is 0 Å². The lowest BCUT2D eigenvalue weighted by molar-refractivity contribution is 0.300. The van der Waals surface area contributed by atoms with Crippen molar-refractivity contribution in [1.82, 2.24) is 10.1 Å². The van der Waals surface area contributed by atoms with Gasteiger partial charge in [-0.15, -0.1) is 11.8 Å². The van der Waals surface area contributed by atoms with Gasteiger partial charge in [0.15, 0.2) is 0 Å². The Kier molecular flexibility index (Phi) is 4.38. The fourth-order valence-corrected chi connectivity index (χ4v) is 2.16. The number of rotatable bonds is 5. The second kappa shape index (κ2) is 6.02. The summed E-state index contributed by atoms with van der Waals surface area (Å²) in [5.74, 6) is 1.85. The number of aliphatic hydroxyl groups excluding tert-OH is 1. The second-order valence-corrected chi connectivity index (χ2v) is 5.56. The summed E-state index contributed by atoms with van der Waals surface area (Å²) in [5, 5.41) is 13.1. The predicted molar refractivity (Wildman–Crippen MR) is 72.3 cm³/mol. The molecular weight excluding hydrogens is 248 g/mol. The molecule has 0 aliphatic heterocycles. The van der Waals surface area contributed by atoms with Crippen molar-refractivity contribution in [3.05, 3.63) is 35.7 Å². The molecule has 18 heavy (non-hydrogen) atoms. The van der Waals surface area contributed by atoms with Crippen molar-refractivity contribution >= 4 is 11.8 Å². The molecule has 4 nitrogen and oxygen atoms in total. The molecule has 5 heteroatoms. The summed E-state index contributed by atoms with van der Waals surface area (Å²) in [4.78, 5) is 4.37. The molecule has 0 spiro atoms. The normalized spacial score (nSPS) is 12.6. The standard InChI is InChI=1S/C13H16N2O2S/c1-9-5-3-4-6-11(9)13-14-12(17-15-13)8-18-10(2)7-16/h3-6,10,16H,7-8H2,1-2H3. The molecule has 0 radical (unpaired) electrons. The van der Waals surface area contributed by atoms with E-state index in [1.54, 1.807) is 11.8 Å². The van der Waals surface area contributed by atoms with Gasteiger partial charge in [0.05, 0.1) is 12.4 Å². The Morgan fingerprint density at radius 3 is 2.89 bits per heavy atom. The van der Waals surface area contributed by atoms with Gasteiger partial charge in [-0.05, 0) is 12.5 Å². The summed E-state index contributed by atoms with van der Waals surface area (Å²) in [6.45, 7) is 4.14. The topological polar surface area (TPSA) is 59.2 Å². The summed E-state index contributed by atoms with van der Waals surface area (Å²) in [5.41, 5.74) is 2.12. The summed E-state index contributed by atoms with van der Waals surface area (Å²) < 4.78 is 5.21. The van der Waals surface area contributed by atoms with Crippen LogP contribution in [0.25, 0.3) is 11.4 Å². The molecule has 0 aliphatic rings. The molecule has 0 aliphatic carbocycles. The first-order valence-corrected chi connectivity index (χ1v) is 6.86. The highest BCUT2D eigenvalue weighted by atomic mass is 32.2. The molecule has 0 saturated heterocycles. The van der Waals surface area contributed by atoms with E-state index in [-0.39, 0.29) is 11.9 Å². The summed E-state index contributed by atoms with van der Waals surface area (Å²) >= 11 is 1.60. The molecule has 2 aromatic rings. The molecule has 0 amide bonds. The molecule has 1 unspecified atom stereocenters. The average molecular weight is 264 g/mol. The average Bonchev–Trinajstić information content (AvgIpc) is 2.85. The molecule has 0 fully saturated rings. The zero-order valence-electron chi connectivity index (χ0n) is 10.5. The van der Waals surface area contributed by atoms with E-state index in [9.17, 15) is 0 Å². The maximum atomic E-state index is 8.94. The molecule has 1 aromatic heterocycles. The highest BCUT2D eigenvalue weighted by molar-refractivity contribution is 7.99. The zero-order valence-corrected chi connectivity index (χ0v) is 11.3. The van der Waals surface area contributed by atoms with Crippen LogP contribution in [-0.2, 0) is 5.75 Å². The molecule has 0 saturated carbocycles. The van der Waals surface area contributed by atoms with Crippen molar-refractivity contribution in [2.45, 2.75) is 24.9 Å². The van der Waals surface area contributed by atoms with Crippen LogP contribution in [0, 0.1) is 6.92 Å². The maximum Gasteiger partial charge on any atom is 0.236 e. The van der Waals surface area contributed by atoms with Crippen molar-refractivity contribution in [2.75, 3.05) is 6.61 Å². The lowest BCUT2D eigenvalue weighted by Gasteiger charge is -2.03. The summed E-state index contributed by atoms with van der Waals surface area (Å²) in [6, 6.07) is 7.95. The van der Waals surface area contributed by atoms with Crippen LogP contribution in [0.5, 0.6) is 0 Å². The van der Waals surface area contributed by atoms with E-state index in [0.717, 1.165) is 11.1 Å². The second-order valence-electron chi connectivity index (χ2n) is 4.13. The van der Waals surface area contributed by atoms with Gasteiger partial charge in [-0.2, -0.15) is 4.98 Å². The van der Waals surface area contributed by atoms with E-state index in [4.69, 9.17) is 9.63 Å². The van der Waals surface area contributed by atoms with Crippen LogP contribution in [-0.4, -0.2) is 27.1 Å². The largest absolute Gasteiger partial charge is 0.395 e. The van der Waals surface area contributed by atoms with E-state index >= 15 is 0 Å². The van der Waals surface area contributed by atoms with E-state index in [1.807, 2.05) is 38.1 Å². The van der Waals surface area contributed by atoms with Gasteiger partial charge in [0, 0.05) is 10.8 Å². The van der Waals surface area contributed by atoms with Gasteiger partial charge in [0.2, 0.25) is 11.7 Å². The van der Waals surface area contributed by atoms with E-state index in [2.05, 4.69) is 10.1 Å². The van der Waals surface area contributed by atoms with E-state index in [1.165, 1.54) is 0 Å². The van der Waals surface area contributed by atoms with Gasteiger partial charge in [0.1, 0.15) is 0 Å². The predicted octanol–water partition coefficient (Wildman–Crippen LogP) is 2.66. The van der Waals surface area contributed by atoms with Crippen LogP contribution < -0.4 is 0 Å². The van der Waals surface area contributed by atoms with Gasteiger partial charge < -0.3 is 9.63 Å². The van der Waals surface area contributed by atoms with Crippen molar-refractivity contribution in [2.24, 2.45) is 0 Å². The van der Waals surface area contributed by atoms with Crippen LogP contribution >= 0.6 is 11.8 Å². The Bertz CT molecular complexity index is 513. The zero-order chi connectivity index (χ0) is 13.0. The number of thioether (sulfide) groups is 1. The number of benzene rings is 1. The minimum absolute atomic E-state index is 0.156. The molecule has 1 atom stereocenters. The third-order valence-electron chi connectivity index (χ3n) is 2.60. The first-order chi connectivity index (χ1) is 8.70. The molecule has 0 bridgehead atoms. The number of nitrogens with zero attached hydrogens (tertiary/aromatic N) is 2. The fourth-order valence-electron chi connectivity index (χ4n) is 1.51. The first-order valence-electron chi connectivity index (χ1n) is 5.81.